The Bertz CT molecular complexity index is 981. The van der Waals surface area contributed by atoms with Crippen LogP contribution in [0.5, 0.6) is 0 Å². The summed E-state index contributed by atoms with van der Waals surface area (Å²) in [4.78, 5) is 0. The largest absolute Gasteiger partial charge is 0.0622 e. The van der Waals surface area contributed by atoms with Crippen LogP contribution in [0.1, 0.15) is 48.6 Å². The van der Waals surface area contributed by atoms with E-state index in [9.17, 15) is 0 Å². The van der Waals surface area contributed by atoms with Gasteiger partial charge in [-0.15, -0.1) is 0 Å². The zero-order valence-electron chi connectivity index (χ0n) is 16.8. The molecule has 0 nitrogen and oxygen atoms in total. The highest BCUT2D eigenvalue weighted by Crippen LogP contribution is 2.37. The molecule has 4 rings (SSSR count). The van der Waals surface area contributed by atoms with E-state index in [0.29, 0.717) is 0 Å². The topological polar surface area (TPSA) is 0 Å². The lowest BCUT2D eigenvalue weighted by molar-refractivity contribution is 0.590. The molecule has 0 N–H and O–H groups in total. The molecule has 0 fully saturated rings. The van der Waals surface area contributed by atoms with Crippen molar-refractivity contribution in [2.24, 2.45) is 0 Å². The second-order valence-corrected chi connectivity index (χ2v) is 8.79. The van der Waals surface area contributed by atoms with E-state index in [4.69, 9.17) is 0 Å². The average molecular weight is 353 g/mol. The van der Waals surface area contributed by atoms with Crippen LogP contribution in [-0.4, -0.2) is 0 Å². The molecule has 0 heterocycles. The molecule has 0 spiro atoms. The minimum absolute atomic E-state index is 0.191. The molecular formula is C27H28. The monoisotopic (exact) mass is 352 g/mol. The molecule has 27 heavy (non-hydrogen) atoms. The maximum atomic E-state index is 2.43. The van der Waals surface area contributed by atoms with Gasteiger partial charge < -0.3 is 0 Å². The highest BCUT2D eigenvalue weighted by Gasteiger charge is 2.19. The normalized spacial score (nSPS) is 13.4. The van der Waals surface area contributed by atoms with E-state index < -0.39 is 0 Å². The van der Waals surface area contributed by atoms with E-state index in [2.05, 4.69) is 101 Å². The first kappa shape index (κ1) is 17.8. The summed E-state index contributed by atoms with van der Waals surface area (Å²) in [5.74, 6) is 0. The predicted molar refractivity (Wildman–Crippen MR) is 117 cm³/mol. The van der Waals surface area contributed by atoms with Gasteiger partial charge in [0.15, 0.2) is 0 Å². The Morgan fingerprint density at radius 2 is 1.52 bits per heavy atom. The second kappa shape index (κ2) is 6.85. The number of hydrogen-bond donors (Lipinski definition) is 0. The van der Waals surface area contributed by atoms with Gasteiger partial charge in [0.2, 0.25) is 0 Å². The molecule has 0 amide bonds. The van der Waals surface area contributed by atoms with Crippen molar-refractivity contribution in [3.8, 4) is 11.1 Å². The van der Waals surface area contributed by atoms with Gasteiger partial charge in [0.05, 0.1) is 0 Å². The van der Waals surface area contributed by atoms with E-state index >= 15 is 0 Å². The van der Waals surface area contributed by atoms with Gasteiger partial charge >= 0.3 is 0 Å². The van der Waals surface area contributed by atoms with Crippen LogP contribution in [0.3, 0.4) is 0 Å². The first-order valence-corrected chi connectivity index (χ1v) is 9.88. The van der Waals surface area contributed by atoms with Gasteiger partial charge in [-0.3, -0.25) is 0 Å². The van der Waals surface area contributed by atoms with Gasteiger partial charge in [-0.2, -0.15) is 0 Å². The van der Waals surface area contributed by atoms with Gasteiger partial charge in [-0.05, 0) is 64.1 Å². The number of allylic oxidation sites excluding steroid dienone is 1. The Labute approximate surface area is 163 Å². The minimum atomic E-state index is 0.191. The third kappa shape index (κ3) is 3.62. The fourth-order valence-corrected chi connectivity index (χ4v) is 4.03. The summed E-state index contributed by atoms with van der Waals surface area (Å²) in [7, 11) is 0. The first-order chi connectivity index (χ1) is 12.9. The van der Waals surface area contributed by atoms with Gasteiger partial charge in [-0.1, -0.05) is 99.2 Å². The smallest absolute Gasteiger partial charge is 0.00516 e. The fourth-order valence-electron chi connectivity index (χ4n) is 4.03. The van der Waals surface area contributed by atoms with Gasteiger partial charge in [0.1, 0.15) is 0 Å². The Kier molecular flexibility index (Phi) is 4.52. The van der Waals surface area contributed by atoms with E-state index in [1.165, 1.54) is 44.5 Å². The van der Waals surface area contributed by atoms with E-state index in [0.717, 1.165) is 12.8 Å². The highest BCUT2D eigenvalue weighted by atomic mass is 14.2. The lowest BCUT2D eigenvalue weighted by Crippen LogP contribution is -2.10. The van der Waals surface area contributed by atoms with Crippen LogP contribution >= 0.6 is 0 Å². The van der Waals surface area contributed by atoms with Crippen molar-refractivity contribution in [3.05, 3.63) is 100 Å². The molecule has 0 saturated carbocycles. The zero-order valence-corrected chi connectivity index (χ0v) is 16.8. The molecule has 3 aromatic carbocycles. The summed E-state index contributed by atoms with van der Waals surface area (Å²) in [5.41, 5.74) is 11.5. The van der Waals surface area contributed by atoms with Crippen LogP contribution in [0.2, 0.25) is 0 Å². The van der Waals surface area contributed by atoms with Crippen LogP contribution in [0, 0.1) is 6.92 Å². The van der Waals surface area contributed by atoms with Crippen LogP contribution in [0.15, 0.2) is 72.3 Å². The van der Waals surface area contributed by atoms with Crippen molar-refractivity contribution < 1.29 is 0 Å². The maximum absolute atomic E-state index is 2.43. The molecule has 0 atom stereocenters. The minimum Gasteiger partial charge on any atom is -0.0622 e. The fraction of sp³-hybridized carbons (Fsp3) is 0.259. The van der Waals surface area contributed by atoms with E-state index in [-0.39, 0.29) is 5.41 Å². The molecule has 0 aromatic heterocycles. The molecule has 1 aliphatic carbocycles. The number of aryl methyl sites for hydroxylation is 1. The van der Waals surface area contributed by atoms with Gasteiger partial charge in [0, 0.05) is 0 Å². The quantitative estimate of drug-likeness (QED) is 0.470. The third-order valence-electron chi connectivity index (χ3n) is 5.68. The van der Waals surface area contributed by atoms with Crippen molar-refractivity contribution in [2.75, 3.05) is 0 Å². The van der Waals surface area contributed by atoms with Crippen LogP contribution in [0.4, 0.5) is 0 Å². The standard InChI is InChI=1S/C27H28/c1-19-10-15-24(22-11-13-23(14-12-22)27(2,3)4)26-18-21(17-25(19)26)16-20-8-6-5-7-9-20/h5-15,18H,16-17H2,1-4H3. The van der Waals surface area contributed by atoms with Crippen molar-refractivity contribution in [1.29, 1.82) is 0 Å². The summed E-state index contributed by atoms with van der Waals surface area (Å²) in [6, 6.07) is 24.5. The van der Waals surface area contributed by atoms with Crippen molar-refractivity contribution in [3.63, 3.8) is 0 Å². The SMILES string of the molecule is Cc1ccc(-c2ccc(C(C)(C)C)cc2)c2c1CC(Cc1ccccc1)=C2. The summed E-state index contributed by atoms with van der Waals surface area (Å²) in [6.45, 7) is 9.04. The predicted octanol–water partition coefficient (Wildman–Crippen LogP) is 7.14. The molecule has 0 saturated heterocycles. The molecule has 0 aliphatic heterocycles. The van der Waals surface area contributed by atoms with Crippen LogP contribution < -0.4 is 0 Å². The number of hydrogen-bond acceptors (Lipinski definition) is 0. The van der Waals surface area contributed by atoms with Crippen molar-refractivity contribution >= 4 is 6.08 Å². The average Bonchev–Trinajstić information content (AvgIpc) is 3.07. The number of fused-ring (bicyclic) bond motifs is 1. The van der Waals surface area contributed by atoms with E-state index in [1.54, 1.807) is 0 Å². The molecule has 0 radical (unpaired) electrons. The molecule has 0 heteroatoms. The Morgan fingerprint density at radius 3 is 2.19 bits per heavy atom. The highest BCUT2D eigenvalue weighted by molar-refractivity contribution is 5.82. The summed E-state index contributed by atoms with van der Waals surface area (Å²) in [6.07, 6.45) is 4.55. The lowest BCUT2D eigenvalue weighted by Gasteiger charge is -2.19. The molecule has 136 valence electrons. The van der Waals surface area contributed by atoms with Crippen LogP contribution in [0.25, 0.3) is 17.2 Å². The molecule has 0 unspecified atom stereocenters. The summed E-state index contributed by atoms with van der Waals surface area (Å²) >= 11 is 0. The molecule has 0 bridgehead atoms. The Hall–Kier alpha value is -2.60. The third-order valence-corrected chi connectivity index (χ3v) is 5.68. The Morgan fingerprint density at radius 1 is 0.815 bits per heavy atom. The lowest BCUT2D eigenvalue weighted by atomic mass is 9.85. The summed E-state index contributed by atoms with van der Waals surface area (Å²) < 4.78 is 0. The zero-order chi connectivity index (χ0) is 19.0. The van der Waals surface area contributed by atoms with E-state index in [1.807, 2.05) is 0 Å². The number of rotatable bonds is 3. The molecule has 1 aliphatic rings. The first-order valence-electron chi connectivity index (χ1n) is 9.88. The molecule has 3 aromatic rings. The Balaban J connectivity index is 1.70. The van der Waals surface area contributed by atoms with Crippen molar-refractivity contribution in [2.45, 2.75) is 46.0 Å². The van der Waals surface area contributed by atoms with Crippen LogP contribution in [-0.2, 0) is 18.3 Å². The number of benzene rings is 3. The maximum Gasteiger partial charge on any atom is -0.00516 e. The van der Waals surface area contributed by atoms with Crippen molar-refractivity contribution in [1.82, 2.24) is 0 Å². The molecular weight excluding hydrogens is 324 g/mol. The second-order valence-electron chi connectivity index (χ2n) is 8.79. The van der Waals surface area contributed by atoms with Gasteiger partial charge in [-0.25, -0.2) is 0 Å². The van der Waals surface area contributed by atoms with Gasteiger partial charge in [0.25, 0.3) is 0 Å². The summed E-state index contributed by atoms with van der Waals surface area (Å²) in [5, 5.41) is 0.